The number of methoxy groups -OCH3 is 1. The van der Waals surface area contributed by atoms with Crippen LogP contribution in [0.25, 0.3) is 0 Å². The van der Waals surface area contributed by atoms with Crippen LogP contribution in [0.4, 0.5) is 0 Å². The van der Waals surface area contributed by atoms with Gasteiger partial charge in [-0.05, 0) is 43.5 Å². The molecule has 0 radical (unpaired) electrons. The van der Waals surface area contributed by atoms with E-state index in [9.17, 15) is 0 Å². The number of nitriles is 1. The monoisotopic (exact) mass is 230 g/mol. The lowest BCUT2D eigenvalue weighted by molar-refractivity contribution is 0.313. The highest BCUT2D eigenvalue weighted by Crippen LogP contribution is 2.29. The van der Waals surface area contributed by atoms with Gasteiger partial charge in [-0.25, -0.2) is 0 Å². The maximum Gasteiger partial charge on any atom is 0.136 e. The second-order valence-electron chi connectivity index (χ2n) is 4.79. The molecule has 1 aromatic carbocycles. The van der Waals surface area contributed by atoms with E-state index >= 15 is 0 Å². The summed E-state index contributed by atoms with van der Waals surface area (Å²) in [6, 6.07) is 7.99. The van der Waals surface area contributed by atoms with E-state index in [1.165, 1.54) is 18.4 Å². The molecule has 0 aromatic heterocycles. The average molecular weight is 230 g/mol. The van der Waals surface area contributed by atoms with Gasteiger partial charge in [-0.3, -0.25) is 0 Å². The van der Waals surface area contributed by atoms with Gasteiger partial charge in [0.25, 0.3) is 0 Å². The molecule has 0 amide bonds. The molecule has 90 valence electrons. The second kappa shape index (κ2) is 5.20. The zero-order valence-electron chi connectivity index (χ0n) is 10.4. The van der Waals surface area contributed by atoms with Crippen molar-refractivity contribution < 1.29 is 4.74 Å². The van der Waals surface area contributed by atoms with E-state index in [4.69, 9.17) is 10.00 Å². The Balaban J connectivity index is 2.02. The summed E-state index contributed by atoms with van der Waals surface area (Å²) >= 11 is 0. The van der Waals surface area contributed by atoms with Gasteiger partial charge in [0.15, 0.2) is 0 Å². The minimum absolute atomic E-state index is 0.616. The zero-order valence-corrected chi connectivity index (χ0v) is 10.4. The number of benzene rings is 1. The molecule has 17 heavy (non-hydrogen) atoms. The highest BCUT2D eigenvalue weighted by Gasteiger charge is 2.22. The first-order valence-corrected chi connectivity index (χ1v) is 5.98. The smallest absolute Gasteiger partial charge is 0.136 e. The fourth-order valence-electron chi connectivity index (χ4n) is 2.06. The molecule has 0 heterocycles. The molecular weight excluding hydrogens is 212 g/mol. The minimum atomic E-state index is 0.616. The van der Waals surface area contributed by atoms with Gasteiger partial charge in [0.2, 0.25) is 0 Å². The molecule has 1 fully saturated rings. The number of hydrogen-bond donors (Lipinski definition) is 0. The van der Waals surface area contributed by atoms with E-state index in [1.807, 2.05) is 18.2 Å². The van der Waals surface area contributed by atoms with Gasteiger partial charge < -0.3 is 9.64 Å². The molecule has 2 rings (SSSR count). The van der Waals surface area contributed by atoms with Crippen LogP contribution in [0.1, 0.15) is 24.0 Å². The Morgan fingerprint density at radius 1 is 1.47 bits per heavy atom. The van der Waals surface area contributed by atoms with Gasteiger partial charge in [0.1, 0.15) is 11.8 Å². The van der Waals surface area contributed by atoms with Crippen LogP contribution in [0, 0.1) is 17.2 Å². The molecule has 1 aliphatic carbocycles. The van der Waals surface area contributed by atoms with E-state index in [2.05, 4.69) is 18.0 Å². The normalized spacial score (nSPS) is 14.7. The largest absolute Gasteiger partial charge is 0.495 e. The Hall–Kier alpha value is -1.53. The van der Waals surface area contributed by atoms with Crippen molar-refractivity contribution in [2.75, 3.05) is 20.7 Å². The molecule has 3 heteroatoms. The third-order valence-electron chi connectivity index (χ3n) is 3.10. The van der Waals surface area contributed by atoms with E-state index in [1.54, 1.807) is 7.11 Å². The summed E-state index contributed by atoms with van der Waals surface area (Å²) in [5.74, 6) is 1.55. The van der Waals surface area contributed by atoms with Gasteiger partial charge in [0.05, 0.1) is 12.7 Å². The van der Waals surface area contributed by atoms with Crippen molar-refractivity contribution in [3.63, 3.8) is 0 Å². The molecular formula is C14H18N2O. The predicted octanol–water partition coefficient (Wildman–Crippen LogP) is 2.41. The fraction of sp³-hybridized carbons (Fsp3) is 0.500. The Labute approximate surface area is 103 Å². The Morgan fingerprint density at radius 2 is 2.24 bits per heavy atom. The van der Waals surface area contributed by atoms with Crippen molar-refractivity contribution in [3.8, 4) is 11.8 Å². The molecule has 0 atom stereocenters. The summed E-state index contributed by atoms with van der Waals surface area (Å²) in [5.41, 5.74) is 1.79. The van der Waals surface area contributed by atoms with E-state index in [-0.39, 0.29) is 0 Å². The van der Waals surface area contributed by atoms with Crippen molar-refractivity contribution in [3.05, 3.63) is 29.3 Å². The Kier molecular flexibility index (Phi) is 3.65. The molecule has 1 aliphatic rings. The quantitative estimate of drug-likeness (QED) is 0.779. The molecule has 0 bridgehead atoms. The first-order chi connectivity index (χ1) is 8.22. The van der Waals surface area contributed by atoms with E-state index in [0.717, 1.165) is 19.0 Å². The molecule has 0 N–H and O–H groups in total. The van der Waals surface area contributed by atoms with Crippen molar-refractivity contribution in [2.24, 2.45) is 5.92 Å². The maximum atomic E-state index is 9.02. The van der Waals surface area contributed by atoms with Gasteiger partial charge in [-0.15, -0.1) is 0 Å². The lowest BCUT2D eigenvalue weighted by Crippen LogP contribution is -2.20. The molecule has 0 unspecified atom stereocenters. The summed E-state index contributed by atoms with van der Waals surface area (Å²) in [6.07, 6.45) is 2.74. The van der Waals surface area contributed by atoms with Crippen LogP contribution in [-0.4, -0.2) is 25.6 Å². The fourth-order valence-corrected chi connectivity index (χ4v) is 2.06. The summed E-state index contributed by atoms with van der Waals surface area (Å²) in [6.45, 7) is 2.06. The predicted molar refractivity (Wildman–Crippen MR) is 66.8 cm³/mol. The van der Waals surface area contributed by atoms with Crippen LogP contribution in [0.5, 0.6) is 5.75 Å². The van der Waals surface area contributed by atoms with Crippen LogP contribution < -0.4 is 4.74 Å². The third kappa shape index (κ3) is 3.21. The van der Waals surface area contributed by atoms with Crippen LogP contribution in [0.2, 0.25) is 0 Å². The van der Waals surface area contributed by atoms with Crippen molar-refractivity contribution >= 4 is 0 Å². The Morgan fingerprint density at radius 3 is 2.82 bits per heavy atom. The molecule has 0 saturated heterocycles. The van der Waals surface area contributed by atoms with Gasteiger partial charge >= 0.3 is 0 Å². The molecule has 1 aromatic rings. The highest BCUT2D eigenvalue weighted by molar-refractivity contribution is 5.45. The van der Waals surface area contributed by atoms with E-state index in [0.29, 0.717) is 11.3 Å². The van der Waals surface area contributed by atoms with Gasteiger partial charge in [-0.1, -0.05) is 6.07 Å². The lowest BCUT2D eigenvalue weighted by Gasteiger charge is -2.16. The van der Waals surface area contributed by atoms with Gasteiger partial charge in [0, 0.05) is 13.1 Å². The standard InChI is InChI=1S/C14H18N2O/c1-16(9-11-3-4-11)10-12-5-6-14(17-2)13(7-12)8-15/h5-7,11H,3-4,9-10H2,1-2H3. The summed E-state index contributed by atoms with van der Waals surface area (Å²) in [7, 11) is 3.73. The van der Waals surface area contributed by atoms with Crippen LogP contribution in [0.15, 0.2) is 18.2 Å². The first kappa shape index (κ1) is 11.9. The summed E-state index contributed by atoms with van der Waals surface area (Å²) in [5, 5.41) is 9.02. The number of hydrogen-bond acceptors (Lipinski definition) is 3. The summed E-state index contributed by atoms with van der Waals surface area (Å²) < 4.78 is 5.13. The van der Waals surface area contributed by atoms with Crippen LogP contribution in [-0.2, 0) is 6.54 Å². The SMILES string of the molecule is COc1ccc(CN(C)CC2CC2)cc1C#N. The Bertz CT molecular complexity index is 432. The topological polar surface area (TPSA) is 36.3 Å². The molecule has 1 saturated carbocycles. The number of nitrogens with zero attached hydrogens (tertiary/aromatic N) is 2. The van der Waals surface area contributed by atoms with Crippen LogP contribution in [0.3, 0.4) is 0 Å². The number of rotatable bonds is 5. The van der Waals surface area contributed by atoms with Crippen molar-refractivity contribution in [1.29, 1.82) is 5.26 Å². The number of ether oxygens (including phenoxy) is 1. The van der Waals surface area contributed by atoms with Crippen molar-refractivity contribution in [2.45, 2.75) is 19.4 Å². The van der Waals surface area contributed by atoms with Crippen LogP contribution >= 0.6 is 0 Å². The summed E-state index contributed by atoms with van der Waals surface area (Å²) in [4.78, 5) is 2.32. The van der Waals surface area contributed by atoms with Gasteiger partial charge in [-0.2, -0.15) is 5.26 Å². The third-order valence-corrected chi connectivity index (χ3v) is 3.10. The highest BCUT2D eigenvalue weighted by atomic mass is 16.5. The van der Waals surface area contributed by atoms with E-state index < -0.39 is 0 Å². The lowest BCUT2D eigenvalue weighted by atomic mass is 10.1. The minimum Gasteiger partial charge on any atom is -0.495 e. The molecule has 0 spiro atoms. The maximum absolute atomic E-state index is 9.02. The molecule has 3 nitrogen and oxygen atoms in total. The molecule has 0 aliphatic heterocycles. The first-order valence-electron chi connectivity index (χ1n) is 5.98. The average Bonchev–Trinajstić information content (AvgIpc) is 3.12. The zero-order chi connectivity index (χ0) is 12.3. The van der Waals surface area contributed by atoms with Crippen molar-refractivity contribution in [1.82, 2.24) is 4.90 Å². The second-order valence-corrected chi connectivity index (χ2v) is 4.79.